The summed E-state index contributed by atoms with van der Waals surface area (Å²) in [5, 5.41) is 16.7. The molecule has 0 aliphatic rings. The highest BCUT2D eigenvalue weighted by Gasteiger charge is 2.11. The van der Waals surface area contributed by atoms with Gasteiger partial charge in [-0.05, 0) is 48.7 Å². The van der Waals surface area contributed by atoms with Crippen LogP contribution in [0.15, 0.2) is 52.7 Å². The van der Waals surface area contributed by atoms with E-state index in [1.165, 1.54) is 17.4 Å². The maximum Gasteiger partial charge on any atom is 0.266 e. The molecule has 0 fully saturated rings. The summed E-state index contributed by atoms with van der Waals surface area (Å²) in [5.41, 5.74) is 1.19. The van der Waals surface area contributed by atoms with Gasteiger partial charge in [0.15, 0.2) is 0 Å². The van der Waals surface area contributed by atoms with Crippen LogP contribution in [0, 0.1) is 11.3 Å². The molecule has 0 aliphatic carbocycles. The molecule has 3 rings (SSSR count). The Bertz CT molecular complexity index is 952. The SMILES string of the molecule is CCOc1ccc(NC(=O)/C(C#N)=C\c2csc(-c3cccs3)n2)cc1. The number of amides is 1. The molecule has 1 aromatic carbocycles. The van der Waals surface area contributed by atoms with Crippen LogP contribution in [0.2, 0.25) is 0 Å². The smallest absolute Gasteiger partial charge is 0.266 e. The largest absolute Gasteiger partial charge is 0.494 e. The van der Waals surface area contributed by atoms with Crippen LogP contribution in [0.25, 0.3) is 16.0 Å². The molecule has 0 saturated carbocycles. The van der Waals surface area contributed by atoms with Crippen molar-refractivity contribution in [1.82, 2.24) is 4.98 Å². The topological polar surface area (TPSA) is 75.0 Å². The summed E-state index contributed by atoms with van der Waals surface area (Å²) >= 11 is 3.08. The molecule has 7 heteroatoms. The fourth-order valence-corrected chi connectivity index (χ4v) is 3.75. The number of benzene rings is 1. The van der Waals surface area contributed by atoms with Crippen molar-refractivity contribution in [3.63, 3.8) is 0 Å². The fraction of sp³-hybridized carbons (Fsp3) is 0.105. The summed E-state index contributed by atoms with van der Waals surface area (Å²) < 4.78 is 5.36. The second-order valence-electron chi connectivity index (χ2n) is 5.14. The number of rotatable bonds is 6. The van der Waals surface area contributed by atoms with Gasteiger partial charge in [-0.3, -0.25) is 4.79 Å². The Hall–Kier alpha value is -2.95. The Labute approximate surface area is 159 Å². The van der Waals surface area contributed by atoms with Crippen molar-refractivity contribution < 1.29 is 9.53 Å². The zero-order chi connectivity index (χ0) is 18.4. The molecule has 1 N–H and O–H groups in total. The van der Waals surface area contributed by atoms with E-state index < -0.39 is 5.91 Å². The van der Waals surface area contributed by atoms with Gasteiger partial charge in [-0.15, -0.1) is 22.7 Å². The number of aromatic nitrogens is 1. The summed E-state index contributed by atoms with van der Waals surface area (Å²) in [4.78, 5) is 17.9. The van der Waals surface area contributed by atoms with Gasteiger partial charge in [0.05, 0.1) is 17.2 Å². The lowest BCUT2D eigenvalue weighted by Gasteiger charge is -2.06. The third kappa shape index (κ3) is 4.36. The molecule has 0 radical (unpaired) electrons. The van der Waals surface area contributed by atoms with Crippen LogP contribution in [-0.4, -0.2) is 17.5 Å². The number of hydrogen-bond donors (Lipinski definition) is 1. The van der Waals surface area contributed by atoms with Crippen LogP contribution in [0.4, 0.5) is 5.69 Å². The fourth-order valence-electron chi connectivity index (χ4n) is 2.16. The molecule has 3 aromatic rings. The number of thiazole rings is 1. The normalized spacial score (nSPS) is 11.0. The van der Waals surface area contributed by atoms with Crippen LogP contribution in [-0.2, 0) is 4.79 Å². The van der Waals surface area contributed by atoms with Crippen molar-refractivity contribution in [2.75, 3.05) is 11.9 Å². The highest BCUT2D eigenvalue weighted by Crippen LogP contribution is 2.28. The van der Waals surface area contributed by atoms with Crippen molar-refractivity contribution in [3.05, 3.63) is 58.4 Å². The minimum absolute atomic E-state index is 0.00177. The van der Waals surface area contributed by atoms with Gasteiger partial charge in [-0.1, -0.05) is 6.07 Å². The highest BCUT2D eigenvalue weighted by atomic mass is 32.1. The summed E-state index contributed by atoms with van der Waals surface area (Å²) in [6.45, 7) is 2.48. The monoisotopic (exact) mass is 381 g/mol. The van der Waals surface area contributed by atoms with Crippen molar-refractivity contribution >= 4 is 40.3 Å². The van der Waals surface area contributed by atoms with E-state index in [0.717, 1.165) is 15.6 Å². The van der Waals surface area contributed by atoms with E-state index >= 15 is 0 Å². The predicted molar refractivity (Wildman–Crippen MR) is 105 cm³/mol. The minimum Gasteiger partial charge on any atom is -0.494 e. The molecule has 0 atom stereocenters. The molecule has 130 valence electrons. The average molecular weight is 381 g/mol. The van der Waals surface area contributed by atoms with Crippen molar-refractivity contribution in [1.29, 1.82) is 5.26 Å². The molecule has 2 heterocycles. The number of carbonyl (C=O) groups excluding carboxylic acids is 1. The Kier molecular flexibility index (Phi) is 5.79. The molecule has 0 unspecified atom stereocenters. The first-order chi connectivity index (χ1) is 12.7. The number of hydrogen-bond acceptors (Lipinski definition) is 6. The van der Waals surface area contributed by atoms with E-state index in [4.69, 9.17) is 4.74 Å². The van der Waals surface area contributed by atoms with E-state index in [1.54, 1.807) is 35.6 Å². The van der Waals surface area contributed by atoms with E-state index in [1.807, 2.05) is 35.9 Å². The first-order valence-corrected chi connectivity index (χ1v) is 9.61. The van der Waals surface area contributed by atoms with Gasteiger partial charge in [0.2, 0.25) is 0 Å². The zero-order valence-electron chi connectivity index (χ0n) is 13.9. The average Bonchev–Trinajstić information content (AvgIpc) is 3.33. The summed E-state index contributed by atoms with van der Waals surface area (Å²) in [6, 6.07) is 12.9. The zero-order valence-corrected chi connectivity index (χ0v) is 15.6. The Morgan fingerprint density at radius 1 is 1.31 bits per heavy atom. The van der Waals surface area contributed by atoms with E-state index in [9.17, 15) is 10.1 Å². The molecule has 0 saturated heterocycles. The molecule has 2 aromatic heterocycles. The number of thiophene rings is 1. The van der Waals surface area contributed by atoms with Crippen molar-refractivity contribution in [2.45, 2.75) is 6.92 Å². The van der Waals surface area contributed by atoms with Gasteiger partial charge in [0.25, 0.3) is 5.91 Å². The van der Waals surface area contributed by atoms with Gasteiger partial charge < -0.3 is 10.1 Å². The van der Waals surface area contributed by atoms with Crippen molar-refractivity contribution in [3.8, 4) is 21.7 Å². The molecular formula is C19H15N3O2S2. The standard InChI is InChI=1S/C19H15N3O2S2/c1-2-24-16-7-5-14(6-8-16)21-18(23)13(11-20)10-15-12-26-19(22-15)17-4-3-9-25-17/h3-10,12H,2H2,1H3,(H,21,23)/b13-10-. The number of nitrogens with zero attached hydrogens (tertiary/aromatic N) is 2. The highest BCUT2D eigenvalue weighted by molar-refractivity contribution is 7.20. The Morgan fingerprint density at radius 3 is 2.77 bits per heavy atom. The van der Waals surface area contributed by atoms with Gasteiger partial charge in [0.1, 0.15) is 22.4 Å². The second kappa shape index (κ2) is 8.43. The molecular weight excluding hydrogens is 366 g/mol. The third-order valence-electron chi connectivity index (χ3n) is 3.33. The van der Waals surface area contributed by atoms with E-state index in [0.29, 0.717) is 18.0 Å². The first-order valence-electron chi connectivity index (χ1n) is 7.85. The lowest BCUT2D eigenvalue weighted by Crippen LogP contribution is -2.13. The van der Waals surface area contributed by atoms with E-state index in [2.05, 4.69) is 10.3 Å². The Balaban J connectivity index is 1.72. The summed E-state index contributed by atoms with van der Waals surface area (Å²) in [7, 11) is 0. The number of anilines is 1. The van der Waals surface area contributed by atoms with Gasteiger partial charge >= 0.3 is 0 Å². The van der Waals surface area contributed by atoms with Crippen LogP contribution in [0.3, 0.4) is 0 Å². The molecule has 0 spiro atoms. The third-order valence-corrected chi connectivity index (χ3v) is 5.23. The molecule has 0 bridgehead atoms. The number of nitriles is 1. The predicted octanol–water partition coefficient (Wildman–Crippen LogP) is 4.82. The van der Waals surface area contributed by atoms with Gasteiger partial charge in [-0.25, -0.2) is 4.98 Å². The first kappa shape index (κ1) is 17.9. The molecule has 26 heavy (non-hydrogen) atoms. The minimum atomic E-state index is -0.470. The van der Waals surface area contributed by atoms with Crippen LogP contribution in [0.5, 0.6) is 5.75 Å². The van der Waals surface area contributed by atoms with Gasteiger partial charge in [0, 0.05) is 11.1 Å². The van der Waals surface area contributed by atoms with Crippen LogP contribution >= 0.6 is 22.7 Å². The number of carbonyl (C=O) groups is 1. The summed E-state index contributed by atoms with van der Waals surface area (Å²) in [6.07, 6.45) is 1.50. The second-order valence-corrected chi connectivity index (χ2v) is 6.94. The van der Waals surface area contributed by atoms with Crippen LogP contribution in [0.1, 0.15) is 12.6 Å². The lowest BCUT2D eigenvalue weighted by molar-refractivity contribution is -0.112. The lowest BCUT2D eigenvalue weighted by atomic mass is 10.2. The molecule has 1 amide bonds. The quantitative estimate of drug-likeness (QED) is 0.491. The maximum absolute atomic E-state index is 12.3. The number of ether oxygens (including phenoxy) is 1. The van der Waals surface area contributed by atoms with E-state index in [-0.39, 0.29) is 5.57 Å². The summed E-state index contributed by atoms with van der Waals surface area (Å²) in [5.74, 6) is 0.257. The number of nitrogens with one attached hydrogen (secondary N) is 1. The molecule has 0 aliphatic heterocycles. The van der Waals surface area contributed by atoms with Gasteiger partial charge in [-0.2, -0.15) is 5.26 Å². The van der Waals surface area contributed by atoms with Crippen LogP contribution < -0.4 is 10.1 Å². The molecule has 5 nitrogen and oxygen atoms in total. The Morgan fingerprint density at radius 2 is 2.12 bits per heavy atom. The van der Waals surface area contributed by atoms with Crippen molar-refractivity contribution in [2.24, 2.45) is 0 Å². The maximum atomic E-state index is 12.3.